The number of benzene rings is 2. The molecule has 1 heterocycles. The number of sulfonamides is 1. The lowest BCUT2D eigenvalue weighted by Crippen LogP contribution is -2.54. The summed E-state index contributed by atoms with van der Waals surface area (Å²) in [5.74, 6) is 0.685. The average Bonchev–Trinajstić information content (AvgIpc) is 2.77. The fourth-order valence-corrected chi connectivity index (χ4v) is 4.88. The van der Waals surface area contributed by atoms with E-state index in [2.05, 4.69) is 5.32 Å². The van der Waals surface area contributed by atoms with Crippen LogP contribution in [0.4, 0.5) is 0 Å². The zero-order valence-electron chi connectivity index (χ0n) is 17.0. The second-order valence-corrected chi connectivity index (χ2v) is 9.51. The lowest BCUT2D eigenvalue weighted by Gasteiger charge is -2.36. The van der Waals surface area contributed by atoms with Gasteiger partial charge in [-0.15, -0.1) is 0 Å². The number of hydrogen-bond donors (Lipinski definition) is 1. The third kappa shape index (κ3) is 5.31. The first-order valence-electron chi connectivity index (χ1n) is 9.71. The minimum absolute atomic E-state index is 0.0835. The first-order valence-corrected chi connectivity index (χ1v) is 11.5. The lowest BCUT2D eigenvalue weighted by molar-refractivity contribution is -0.126. The molecule has 0 bridgehead atoms. The largest absolute Gasteiger partial charge is 0.497 e. The zero-order valence-corrected chi connectivity index (χ0v) is 18.6. The Morgan fingerprint density at radius 3 is 2.23 bits per heavy atom. The first-order chi connectivity index (χ1) is 14.3. The van der Waals surface area contributed by atoms with E-state index in [1.54, 1.807) is 19.2 Å². The second kappa shape index (κ2) is 9.78. The number of nitrogens with one attached hydrogen (secondary N) is 1. The van der Waals surface area contributed by atoms with Gasteiger partial charge < -0.3 is 10.1 Å². The van der Waals surface area contributed by atoms with Crippen molar-refractivity contribution in [1.29, 1.82) is 0 Å². The first kappa shape index (κ1) is 22.6. The molecule has 9 heteroatoms. The van der Waals surface area contributed by atoms with Crippen molar-refractivity contribution < 1.29 is 17.9 Å². The normalized spacial score (nSPS) is 16.8. The molecule has 1 atom stereocenters. The number of carbonyl (C=O) groups is 1. The number of methoxy groups -OCH3 is 1. The minimum atomic E-state index is -3.56. The Labute approximate surface area is 182 Å². The Morgan fingerprint density at radius 1 is 1.07 bits per heavy atom. The standard InChI is InChI=1S/C21H26ClN3O4S/c1-16(21(26)23-15-17-3-7-19(29-2)8-4-17)24-11-13-25(14-12-24)30(27,28)20-9-5-18(22)6-10-20/h3-10,16H,11-15H2,1-2H3,(H,23,26)/t16-/m0/s1. The average molecular weight is 452 g/mol. The summed E-state index contributed by atoms with van der Waals surface area (Å²) in [5.41, 5.74) is 0.982. The number of amides is 1. The van der Waals surface area contributed by atoms with Gasteiger partial charge >= 0.3 is 0 Å². The van der Waals surface area contributed by atoms with Crippen molar-refractivity contribution in [2.75, 3.05) is 33.3 Å². The molecule has 1 aliphatic heterocycles. The third-order valence-corrected chi connectivity index (χ3v) is 7.44. The van der Waals surface area contributed by atoms with Crippen molar-refractivity contribution in [1.82, 2.24) is 14.5 Å². The van der Waals surface area contributed by atoms with Crippen molar-refractivity contribution in [3.63, 3.8) is 0 Å². The predicted octanol–water partition coefficient (Wildman–Crippen LogP) is 2.36. The fraction of sp³-hybridized carbons (Fsp3) is 0.381. The van der Waals surface area contributed by atoms with Gasteiger partial charge in [0.05, 0.1) is 18.0 Å². The van der Waals surface area contributed by atoms with Crippen LogP contribution in [-0.4, -0.2) is 62.9 Å². The van der Waals surface area contributed by atoms with Gasteiger partial charge in [0.1, 0.15) is 5.75 Å². The molecule has 1 N–H and O–H groups in total. The Morgan fingerprint density at radius 2 is 1.67 bits per heavy atom. The van der Waals surface area contributed by atoms with Crippen LogP contribution in [-0.2, 0) is 21.4 Å². The molecular weight excluding hydrogens is 426 g/mol. The van der Waals surface area contributed by atoms with Crippen molar-refractivity contribution in [2.45, 2.75) is 24.4 Å². The van der Waals surface area contributed by atoms with E-state index in [1.165, 1.54) is 16.4 Å². The molecule has 0 saturated carbocycles. The monoisotopic (exact) mass is 451 g/mol. The van der Waals surface area contributed by atoms with Gasteiger partial charge in [-0.2, -0.15) is 4.31 Å². The van der Waals surface area contributed by atoms with Crippen LogP contribution in [0, 0.1) is 0 Å². The van der Waals surface area contributed by atoms with Crippen LogP contribution in [0.2, 0.25) is 5.02 Å². The highest BCUT2D eigenvalue weighted by Gasteiger charge is 2.31. The molecule has 30 heavy (non-hydrogen) atoms. The van der Waals surface area contributed by atoms with Crippen molar-refractivity contribution in [3.8, 4) is 5.75 Å². The number of hydrogen-bond acceptors (Lipinski definition) is 5. The number of carbonyl (C=O) groups excluding carboxylic acids is 1. The molecule has 0 radical (unpaired) electrons. The third-order valence-electron chi connectivity index (χ3n) is 5.28. The van der Waals surface area contributed by atoms with E-state index in [9.17, 15) is 13.2 Å². The summed E-state index contributed by atoms with van der Waals surface area (Å²) in [6, 6.07) is 13.3. The maximum atomic E-state index is 12.8. The van der Waals surface area contributed by atoms with Crippen LogP contribution in [0.3, 0.4) is 0 Å². The summed E-state index contributed by atoms with van der Waals surface area (Å²) >= 11 is 5.85. The molecule has 162 valence electrons. The number of halogens is 1. The smallest absolute Gasteiger partial charge is 0.243 e. The summed E-state index contributed by atoms with van der Waals surface area (Å²) in [5, 5.41) is 3.43. The van der Waals surface area contributed by atoms with Crippen LogP contribution >= 0.6 is 11.6 Å². The number of ether oxygens (including phenoxy) is 1. The van der Waals surface area contributed by atoms with E-state index in [0.717, 1.165) is 11.3 Å². The molecule has 2 aromatic rings. The van der Waals surface area contributed by atoms with Crippen LogP contribution in [0.1, 0.15) is 12.5 Å². The molecule has 3 rings (SSSR count). The summed E-state index contributed by atoms with van der Waals surface area (Å²) in [7, 11) is -1.95. The summed E-state index contributed by atoms with van der Waals surface area (Å²) < 4.78 is 32.2. The van der Waals surface area contributed by atoms with E-state index in [0.29, 0.717) is 37.7 Å². The van der Waals surface area contributed by atoms with E-state index in [1.807, 2.05) is 36.1 Å². The lowest BCUT2D eigenvalue weighted by atomic mass is 10.2. The predicted molar refractivity (Wildman–Crippen MR) is 116 cm³/mol. The molecule has 0 aromatic heterocycles. The number of piperazine rings is 1. The Hall–Kier alpha value is -2.13. The zero-order chi connectivity index (χ0) is 21.7. The topological polar surface area (TPSA) is 79.0 Å². The van der Waals surface area contributed by atoms with Crippen molar-refractivity contribution in [2.24, 2.45) is 0 Å². The van der Waals surface area contributed by atoms with Crippen molar-refractivity contribution >= 4 is 27.5 Å². The van der Waals surface area contributed by atoms with Gasteiger partial charge in [0, 0.05) is 37.7 Å². The summed E-state index contributed by atoms with van der Waals surface area (Å²) in [6.45, 7) is 3.92. The highest BCUT2D eigenvalue weighted by atomic mass is 35.5. The van der Waals surface area contributed by atoms with E-state index in [-0.39, 0.29) is 16.8 Å². The molecule has 1 fully saturated rings. The van der Waals surface area contributed by atoms with Gasteiger partial charge in [0.2, 0.25) is 15.9 Å². The number of rotatable bonds is 7. The molecule has 1 aliphatic rings. The van der Waals surface area contributed by atoms with E-state index in [4.69, 9.17) is 16.3 Å². The van der Waals surface area contributed by atoms with E-state index >= 15 is 0 Å². The molecule has 0 aliphatic carbocycles. The minimum Gasteiger partial charge on any atom is -0.497 e. The van der Waals surface area contributed by atoms with Gasteiger partial charge in [0.25, 0.3) is 0 Å². The Kier molecular flexibility index (Phi) is 7.36. The van der Waals surface area contributed by atoms with Crippen molar-refractivity contribution in [3.05, 3.63) is 59.1 Å². The van der Waals surface area contributed by atoms with Gasteiger partial charge in [0.15, 0.2) is 0 Å². The van der Waals surface area contributed by atoms with Crippen LogP contribution < -0.4 is 10.1 Å². The van der Waals surface area contributed by atoms with Crippen LogP contribution in [0.25, 0.3) is 0 Å². The highest BCUT2D eigenvalue weighted by Crippen LogP contribution is 2.20. The number of nitrogens with zero attached hydrogens (tertiary/aromatic N) is 2. The van der Waals surface area contributed by atoms with Crippen LogP contribution in [0.15, 0.2) is 53.4 Å². The van der Waals surface area contributed by atoms with Crippen LogP contribution in [0.5, 0.6) is 5.75 Å². The van der Waals surface area contributed by atoms with Gasteiger partial charge in [-0.1, -0.05) is 23.7 Å². The maximum absolute atomic E-state index is 12.8. The maximum Gasteiger partial charge on any atom is 0.243 e. The molecule has 7 nitrogen and oxygen atoms in total. The van der Waals surface area contributed by atoms with Gasteiger partial charge in [-0.3, -0.25) is 9.69 Å². The van der Waals surface area contributed by atoms with Gasteiger partial charge in [-0.05, 0) is 48.9 Å². The summed E-state index contributed by atoms with van der Waals surface area (Å²) in [6.07, 6.45) is 0. The van der Waals surface area contributed by atoms with Gasteiger partial charge in [-0.25, -0.2) is 8.42 Å². The summed E-state index contributed by atoms with van der Waals surface area (Å²) in [4.78, 5) is 14.8. The Bertz CT molecular complexity index is 957. The molecule has 2 aromatic carbocycles. The Balaban J connectivity index is 1.52. The second-order valence-electron chi connectivity index (χ2n) is 7.14. The fourth-order valence-electron chi connectivity index (χ4n) is 3.33. The molecule has 1 saturated heterocycles. The van der Waals surface area contributed by atoms with E-state index < -0.39 is 10.0 Å². The molecule has 0 unspecified atom stereocenters. The molecule has 0 spiro atoms. The quantitative estimate of drug-likeness (QED) is 0.699. The highest BCUT2D eigenvalue weighted by molar-refractivity contribution is 7.89. The molecule has 1 amide bonds. The molecular formula is C21H26ClN3O4S. The SMILES string of the molecule is COc1ccc(CNC(=O)[C@H](C)N2CCN(S(=O)(=O)c3ccc(Cl)cc3)CC2)cc1.